The second kappa shape index (κ2) is 6.71. The Hall–Kier alpha value is -1.89. The molecule has 2 heterocycles. The van der Waals surface area contributed by atoms with Gasteiger partial charge < -0.3 is 9.42 Å². The molecule has 6 nitrogen and oxygen atoms in total. The van der Waals surface area contributed by atoms with Gasteiger partial charge in [0.15, 0.2) is 0 Å². The van der Waals surface area contributed by atoms with Gasteiger partial charge in [0.25, 0.3) is 5.56 Å². The van der Waals surface area contributed by atoms with Gasteiger partial charge in [-0.25, -0.2) is 4.98 Å². The number of H-pyrrole nitrogens is 1. The summed E-state index contributed by atoms with van der Waals surface area (Å²) in [5, 5.41) is 5.28. The molecule has 1 N–H and O–H groups in total. The van der Waals surface area contributed by atoms with Crippen LogP contribution in [0.25, 0.3) is 0 Å². The van der Waals surface area contributed by atoms with Crippen molar-refractivity contribution in [2.75, 3.05) is 7.05 Å². The minimum atomic E-state index is -0.283. The summed E-state index contributed by atoms with van der Waals surface area (Å²) in [4.78, 5) is 29.1. The zero-order chi connectivity index (χ0) is 15.4. The van der Waals surface area contributed by atoms with E-state index in [4.69, 9.17) is 4.52 Å². The number of nitrogens with zero attached hydrogens (tertiary/aromatic N) is 2. The topological polar surface area (TPSA) is 79.2 Å². The van der Waals surface area contributed by atoms with Gasteiger partial charge >= 0.3 is 0 Å². The minimum Gasteiger partial charge on any atom is -0.384 e. The summed E-state index contributed by atoms with van der Waals surface area (Å²) < 4.78 is 4.92. The van der Waals surface area contributed by atoms with Crippen LogP contribution in [0.15, 0.2) is 20.8 Å². The van der Waals surface area contributed by atoms with E-state index in [1.54, 1.807) is 23.3 Å². The molecule has 0 radical (unpaired) electrons. The maximum Gasteiger partial charge on any atom is 0.280 e. The van der Waals surface area contributed by atoms with Gasteiger partial charge in [-0.2, -0.15) is 5.16 Å². The van der Waals surface area contributed by atoms with Crippen LogP contribution in [0.1, 0.15) is 42.6 Å². The highest BCUT2D eigenvalue weighted by atomic mass is 32.1. The lowest BCUT2D eigenvalue weighted by Gasteiger charge is -2.15. The highest BCUT2D eigenvalue weighted by Crippen LogP contribution is 2.19. The normalized spacial score (nSPS) is 11.0. The van der Waals surface area contributed by atoms with Crippen molar-refractivity contribution in [1.29, 1.82) is 0 Å². The average molecular weight is 309 g/mol. The van der Waals surface area contributed by atoms with Crippen molar-refractivity contribution in [3.8, 4) is 0 Å². The SMILES string of the molecule is CC(C)c1nc(CN(C)C(=O)CCc2cc(=O)[nH]o2)cs1. The van der Waals surface area contributed by atoms with E-state index < -0.39 is 0 Å². The van der Waals surface area contributed by atoms with E-state index in [1.165, 1.54) is 6.07 Å². The van der Waals surface area contributed by atoms with Gasteiger partial charge in [0.05, 0.1) is 17.2 Å². The molecule has 0 unspecified atom stereocenters. The molecule has 21 heavy (non-hydrogen) atoms. The van der Waals surface area contributed by atoms with Crippen molar-refractivity contribution in [2.45, 2.75) is 39.2 Å². The number of carbonyl (C=O) groups excluding carboxylic acids is 1. The zero-order valence-corrected chi connectivity index (χ0v) is 13.2. The lowest BCUT2D eigenvalue weighted by Crippen LogP contribution is -2.26. The highest BCUT2D eigenvalue weighted by molar-refractivity contribution is 7.09. The Labute approximate surface area is 126 Å². The number of aromatic nitrogens is 2. The van der Waals surface area contributed by atoms with Crippen molar-refractivity contribution in [3.63, 3.8) is 0 Å². The lowest BCUT2D eigenvalue weighted by molar-refractivity contribution is -0.130. The van der Waals surface area contributed by atoms with Gasteiger partial charge in [-0.1, -0.05) is 13.8 Å². The summed E-state index contributed by atoms with van der Waals surface area (Å²) in [6, 6.07) is 1.36. The highest BCUT2D eigenvalue weighted by Gasteiger charge is 2.13. The Morgan fingerprint density at radius 3 is 2.86 bits per heavy atom. The third kappa shape index (κ3) is 4.29. The molecular formula is C14H19N3O3S. The van der Waals surface area contributed by atoms with Crippen LogP contribution >= 0.6 is 11.3 Å². The van der Waals surface area contributed by atoms with Crippen LogP contribution < -0.4 is 5.56 Å². The molecule has 0 aliphatic heterocycles. The number of rotatable bonds is 6. The quantitative estimate of drug-likeness (QED) is 0.886. The molecule has 0 atom stereocenters. The number of aryl methyl sites for hydroxylation is 1. The van der Waals surface area contributed by atoms with E-state index in [9.17, 15) is 9.59 Å². The predicted molar refractivity (Wildman–Crippen MR) is 80.3 cm³/mol. The smallest absolute Gasteiger partial charge is 0.280 e. The molecule has 0 fully saturated rings. The van der Waals surface area contributed by atoms with E-state index >= 15 is 0 Å². The monoisotopic (exact) mass is 309 g/mol. The fraction of sp³-hybridized carbons (Fsp3) is 0.500. The lowest BCUT2D eigenvalue weighted by atomic mass is 10.2. The van der Waals surface area contributed by atoms with Gasteiger partial charge in [0.2, 0.25) is 5.91 Å². The molecule has 7 heteroatoms. The molecule has 0 aliphatic rings. The first-order valence-electron chi connectivity index (χ1n) is 6.81. The van der Waals surface area contributed by atoms with Crippen molar-refractivity contribution in [3.05, 3.63) is 38.3 Å². The molecule has 114 valence electrons. The molecule has 2 aromatic rings. The summed E-state index contributed by atoms with van der Waals surface area (Å²) in [5.74, 6) is 0.900. The largest absolute Gasteiger partial charge is 0.384 e. The number of amides is 1. The predicted octanol–water partition coefficient (Wildman–Crippen LogP) is 2.14. The number of nitrogens with one attached hydrogen (secondary N) is 1. The molecule has 0 bridgehead atoms. The van der Waals surface area contributed by atoms with Crippen molar-refractivity contribution in [1.82, 2.24) is 15.0 Å². The number of thiazole rings is 1. The Morgan fingerprint density at radius 2 is 2.29 bits per heavy atom. The fourth-order valence-electron chi connectivity index (χ4n) is 1.86. The molecular weight excluding hydrogens is 290 g/mol. The number of hydrogen-bond acceptors (Lipinski definition) is 5. The summed E-state index contributed by atoms with van der Waals surface area (Å²) in [5.41, 5.74) is 0.627. The fourth-order valence-corrected chi connectivity index (χ4v) is 2.68. The molecule has 1 amide bonds. The first kappa shape index (κ1) is 15.5. The Bertz CT molecular complexity index is 656. The minimum absolute atomic E-state index is 0.00190. The Kier molecular flexibility index (Phi) is 4.95. The standard InChI is InChI=1S/C14H19N3O3S/c1-9(2)14-15-10(8-21-14)7-17(3)13(19)5-4-11-6-12(18)16-20-11/h6,8-9H,4-5,7H2,1-3H3,(H,16,18). The summed E-state index contributed by atoms with van der Waals surface area (Å²) >= 11 is 1.62. The average Bonchev–Trinajstić information content (AvgIpc) is 3.05. The van der Waals surface area contributed by atoms with E-state index in [2.05, 4.69) is 24.0 Å². The second-order valence-corrected chi connectivity index (χ2v) is 6.15. The maximum absolute atomic E-state index is 12.0. The molecule has 2 aromatic heterocycles. The van der Waals surface area contributed by atoms with Crippen LogP contribution in [0.3, 0.4) is 0 Å². The van der Waals surface area contributed by atoms with Crippen LogP contribution in [-0.4, -0.2) is 28.0 Å². The maximum atomic E-state index is 12.0. The molecule has 0 aromatic carbocycles. The number of hydrogen-bond donors (Lipinski definition) is 1. The van der Waals surface area contributed by atoms with Gasteiger partial charge in [-0.15, -0.1) is 11.3 Å². The second-order valence-electron chi connectivity index (χ2n) is 5.26. The van der Waals surface area contributed by atoms with Gasteiger partial charge in [0.1, 0.15) is 5.76 Å². The van der Waals surface area contributed by atoms with Crippen LogP contribution in [0.5, 0.6) is 0 Å². The van der Waals surface area contributed by atoms with Gasteiger partial charge in [-0.3, -0.25) is 9.59 Å². The van der Waals surface area contributed by atoms with E-state index in [0.717, 1.165) is 10.7 Å². The third-order valence-corrected chi connectivity index (χ3v) is 4.24. The molecule has 2 rings (SSSR count). The van der Waals surface area contributed by atoms with Gasteiger partial charge in [-0.05, 0) is 0 Å². The first-order valence-corrected chi connectivity index (χ1v) is 7.69. The molecule has 0 saturated heterocycles. The van der Waals surface area contributed by atoms with Crippen LogP contribution in [-0.2, 0) is 17.8 Å². The van der Waals surface area contributed by atoms with Crippen molar-refractivity contribution >= 4 is 17.2 Å². The van der Waals surface area contributed by atoms with Crippen molar-refractivity contribution in [2.24, 2.45) is 0 Å². The number of carbonyl (C=O) groups is 1. The molecule has 0 aliphatic carbocycles. The van der Waals surface area contributed by atoms with Crippen LogP contribution in [0.4, 0.5) is 0 Å². The van der Waals surface area contributed by atoms with E-state index in [-0.39, 0.29) is 11.5 Å². The third-order valence-electron chi connectivity index (χ3n) is 3.05. The summed E-state index contributed by atoms with van der Waals surface area (Å²) in [6.07, 6.45) is 0.717. The van der Waals surface area contributed by atoms with Crippen LogP contribution in [0, 0.1) is 0 Å². The Morgan fingerprint density at radius 1 is 1.52 bits per heavy atom. The zero-order valence-electron chi connectivity index (χ0n) is 12.4. The summed E-state index contributed by atoms with van der Waals surface area (Å²) in [6.45, 7) is 4.70. The number of aromatic amines is 1. The first-order chi connectivity index (χ1) is 9.95. The van der Waals surface area contributed by atoms with Crippen molar-refractivity contribution < 1.29 is 9.32 Å². The van der Waals surface area contributed by atoms with E-state index in [0.29, 0.717) is 31.1 Å². The molecule has 0 saturated carbocycles. The van der Waals surface area contributed by atoms with Gasteiger partial charge in [0, 0.05) is 37.3 Å². The summed E-state index contributed by atoms with van der Waals surface area (Å²) in [7, 11) is 1.75. The Balaban J connectivity index is 1.85. The molecule has 0 spiro atoms. The van der Waals surface area contributed by atoms with Crippen LogP contribution in [0.2, 0.25) is 0 Å². The van der Waals surface area contributed by atoms with E-state index in [1.807, 2.05) is 5.38 Å².